The van der Waals surface area contributed by atoms with E-state index in [1.54, 1.807) is 17.0 Å². The van der Waals surface area contributed by atoms with Crippen LogP contribution in [0.15, 0.2) is 42.5 Å². The Morgan fingerprint density at radius 1 is 1.08 bits per heavy atom. The smallest absolute Gasteiger partial charge is 0.326 e. The highest BCUT2D eigenvalue weighted by Crippen LogP contribution is 2.32. The van der Waals surface area contributed by atoms with Crippen LogP contribution in [0.25, 0.3) is 0 Å². The molecule has 0 unspecified atom stereocenters. The summed E-state index contributed by atoms with van der Waals surface area (Å²) >= 11 is 5.98. The number of urea groups is 1. The van der Waals surface area contributed by atoms with Gasteiger partial charge in [-0.3, -0.25) is 4.90 Å². The van der Waals surface area contributed by atoms with E-state index in [0.29, 0.717) is 17.3 Å². The van der Waals surface area contributed by atoms with Crippen molar-refractivity contribution < 1.29 is 9.53 Å². The molecule has 1 fully saturated rings. The van der Waals surface area contributed by atoms with Crippen LogP contribution in [0.1, 0.15) is 5.56 Å². The number of fused-ring (bicyclic) bond motifs is 1. The number of amides is 2. The Kier molecular flexibility index (Phi) is 4.51. The third-order valence-electron chi connectivity index (χ3n) is 4.66. The number of carbonyl (C=O) groups is 1. The van der Waals surface area contributed by atoms with Crippen molar-refractivity contribution in [2.45, 2.75) is 6.42 Å². The van der Waals surface area contributed by atoms with Crippen molar-refractivity contribution in [3.63, 3.8) is 0 Å². The Balaban J connectivity index is 1.50. The molecule has 1 saturated heterocycles. The number of morpholine rings is 1. The van der Waals surface area contributed by atoms with Crippen LogP contribution in [0.2, 0.25) is 5.02 Å². The number of halogens is 1. The van der Waals surface area contributed by atoms with Crippen molar-refractivity contribution in [3.8, 4) is 0 Å². The van der Waals surface area contributed by atoms with Gasteiger partial charge in [0.05, 0.1) is 13.2 Å². The molecule has 4 rings (SSSR count). The van der Waals surface area contributed by atoms with Crippen LogP contribution in [0.3, 0.4) is 0 Å². The fraction of sp³-hybridized carbons (Fsp3) is 0.316. The highest BCUT2D eigenvalue weighted by atomic mass is 35.5. The van der Waals surface area contributed by atoms with Crippen molar-refractivity contribution >= 4 is 34.7 Å². The van der Waals surface area contributed by atoms with Gasteiger partial charge in [-0.05, 0) is 48.4 Å². The molecule has 2 heterocycles. The molecule has 0 bridgehead atoms. The van der Waals surface area contributed by atoms with E-state index in [1.165, 1.54) is 11.3 Å². The molecule has 130 valence electrons. The highest BCUT2D eigenvalue weighted by Gasteiger charge is 2.25. The molecule has 0 aromatic heterocycles. The molecular formula is C19H20ClN3O2. The van der Waals surface area contributed by atoms with Gasteiger partial charge < -0.3 is 15.0 Å². The van der Waals surface area contributed by atoms with Crippen molar-refractivity contribution in [2.75, 3.05) is 48.0 Å². The van der Waals surface area contributed by atoms with E-state index in [4.69, 9.17) is 16.3 Å². The molecule has 5 nitrogen and oxygen atoms in total. The van der Waals surface area contributed by atoms with E-state index in [2.05, 4.69) is 22.3 Å². The first-order valence-electron chi connectivity index (χ1n) is 8.50. The number of nitrogens with one attached hydrogen (secondary N) is 1. The van der Waals surface area contributed by atoms with Gasteiger partial charge in [0, 0.05) is 41.7 Å². The number of anilines is 3. The number of hydrogen-bond donors (Lipinski definition) is 1. The van der Waals surface area contributed by atoms with Crippen molar-refractivity contribution in [2.24, 2.45) is 0 Å². The molecule has 0 radical (unpaired) electrons. The molecule has 0 spiro atoms. The maximum Gasteiger partial charge on any atom is 0.326 e. The standard InChI is InChI=1S/C19H20ClN3O2/c20-15-2-1-3-16(13-15)21-19(24)23-7-6-14-12-17(4-5-18(14)23)22-8-10-25-11-9-22/h1-5,12-13H,6-11H2,(H,21,24). The van der Waals surface area contributed by atoms with Crippen LogP contribution in [-0.2, 0) is 11.2 Å². The van der Waals surface area contributed by atoms with Gasteiger partial charge in [-0.25, -0.2) is 4.79 Å². The first kappa shape index (κ1) is 16.2. The van der Waals surface area contributed by atoms with E-state index in [0.717, 1.165) is 38.4 Å². The SMILES string of the molecule is O=C(Nc1cccc(Cl)c1)N1CCc2cc(N3CCOCC3)ccc21. The maximum atomic E-state index is 12.6. The second-order valence-electron chi connectivity index (χ2n) is 6.25. The van der Waals surface area contributed by atoms with E-state index in [-0.39, 0.29) is 6.03 Å². The quantitative estimate of drug-likeness (QED) is 0.889. The Morgan fingerprint density at radius 2 is 1.92 bits per heavy atom. The van der Waals surface area contributed by atoms with Gasteiger partial charge >= 0.3 is 6.03 Å². The normalized spacial score (nSPS) is 16.7. The monoisotopic (exact) mass is 357 g/mol. The predicted octanol–water partition coefficient (Wildman–Crippen LogP) is 3.77. The molecule has 2 amide bonds. The highest BCUT2D eigenvalue weighted by molar-refractivity contribution is 6.30. The van der Waals surface area contributed by atoms with Crippen molar-refractivity contribution in [1.82, 2.24) is 0 Å². The molecule has 2 aromatic carbocycles. The fourth-order valence-electron chi connectivity index (χ4n) is 3.37. The molecular weight excluding hydrogens is 338 g/mol. The van der Waals surface area contributed by atoms with E-state index in [9.17, 15) is 4.79 Å². The first-order valence-corrected chi connectivity index (χ1v) is 8.88. The summed E-state index contributed by atoms with van der Waals surface area (Å²) in [6.45, 7) is 4.06. The summed E-state index contributed by atoms with van der Waals surface area (Å²) in [5.41, 5.74) is 4.11. The number of carbonyl (C=O) groups excluding carboxylic acids is 1. The molecule has 25 heavy (non-hydrogen) atoms. The molecule has 2 aliphatic rings. The average molecular weight is 358 g/mol. The van der Waals surface area contributed by atoms with Crippen LogP contribution in [0, 0.1) is 0 Å². The number of benzene rings is 2. The van der Waals surface area contributed by atoms with Gasteiger partial charge in [0.2, 0.25) is 0 Å². The number of rotatable bonds is 2. The molecule has 0 aliphatic carbocycles. The van der Waals surface area contributed by atoms with E-state index < -0.39 is 0 Å². The lowest BCUT2D eigenvalue weighted by atomic mass is 10.1. The average Bonchev–Trinajstić information content (AvgIpc) is 3.06. The molecule has 2 aromatic rings. The summed E-state index contributed by atoms with van der Waals surface area (Å²) < 4.78 is 5.42. The van der Waals surface area contributed by atoms with Gasteiger partial charge in [0.25, 0.3) is 0 Å². The van der Waals surface area contributed by atoms with E-state index >= 15 is 0 Å². The lowest BCUT2D eigenvalue weighted by molar-refractivity contribution is 0.122. The molecule has 1 N–H and O–H groups in total. The lowest BCUT2D eigenvalue weighted by Gasteiger charge is -2.29. The minimum atomic E-state index is -0.125. The molecule has 6 heteroatoms. The van der Waals surface area contributed by atoms with Crippen LogP contribution in [0.4, 0.5) is 21.9 Å². The largest absolute Gasteiger partial charge is 0.378 e. The van der Waals surface area contributed by atoms with Gasteiger partial charge in [-0.2, -0.15) is 0 Å². The zero-order chi connectivity index (χ0) is 17.2. The van der Waals surface area contributed by atoms with Gasteiger partial charge in [-0.1, -0.05) is 17.7 Å². The third-order valence-corrected chi connectivity index (χ3v) is 4.89. The summed E-state index contributed by atoms with van der Waals surface area (Å²) in [4.78, 5) is 16.7. The number of hydrogen-bond acceptors (Lipinski definition) is 3. The molecule has 0 saturated carbocycles. The topological polar surface area (TPSA) is 44.8 Å². The Hall–Kier alpha value is -2.24. The first-order chi connectivity index (χ1) is 12.2. The minimum absolute atomic E-state index is 0.125. The van der Waals surface area contributed by atoms with Crippen LogP contribution >= 0.6 is 11.6 Å². The van der Waals surface area contributed by atoms with Crippen molar-refractivity contribution in [3.05, 3.63) is 53.1 Å². The molecule has 0 atom stereocenters. The Bertz CT molecular complexity index is 790. The summed E-state index contributed by atoms with van der Waals surface area (Å²) in [5.74, 6) is 0. The van der Waals surface area contributed by atoms with Gasteiger partial charge in [-0.15, -0.1) is 0 Å². The van der Waals surface area contributed by atoms with Crippen LogP contribution in [0.5, 0.6) is 0 Å². The Labute approximate surface area is 152 Å². The summed E-state index contributed by atoms with van der Waals surface area (Å²) in [7, 11) is 0. The minimum Gasteiger partial charge on any atom is -0.378 e. The lowest BCUT2D eigenvalue weighted by Crippen LogP contribution is -2.36. The summed E-state index contributed by atoms with van der Waals surface area (Å²) in [6, 6.07) is 13.4. The Morgan fingerprint density at radius 3 is 2.72 bits per heavy atom. The van der Waals surface area contributed by atoms with Gasteiger partial charge in [0.15, 0.2) is 0 Å². The van der Waals surface area contributed by atoms with E-state index in [1.807, 2.05) is 18.2 Å². The van der Waals surface area contributed by atoms with Crippen molar-refractivity contribution in [1.29, 1.82) is 0 Å². The third kappa shape index (κ3) is 3.43. The summed E-state index contributed by atoms with van der Waals surface area (Å²) in [6.07, 6.45) is 0.872. The fourth-order valence-corrected chi connectivity index (χ4v) is 3.56. The van der Waals surface area contributed by atoms with Gasteiger partial charge in [0.1, 0.15) is 0 Å². The second-order valence-corrected chi connectivity index (χ2v) is 6.69. The maximum absolute atomic E-state index is 12.6. The molecule has 2 aliphatic heterocycles. The predicted molar refractivity (Wildman–Crippen MR) is 101 cm³/mol. The summed E-state index contributed by atoms with van der Waals surface area (Å²) in [5, 5.41) is 3.53. The zero-order valence-electron chi connectivity index (χ0n) is 13.9. The zero-order valence-corrected chi connectivity index (χ0v) is 14.6. The number of nitrogens with zero attached hydrogens (tertiary/aromatic N) is 2. The second kappa shape index (κ2) is 6.94. The van der Waals surface area contributed by atoms with Crippen LogP contribution in [-0.4, -0.2) is 38.9 Å². The van der Waals surface area contributed by atoms with Crippen LogP contribution < -0.4 is 15.1 Å². The number of ether oxygens (including phenoxy) is 1.